The van der Waals surface area contributed by atoms with Crippen LogP contribution in [0.1, 0.15) is 94.7 Å². The third-order valence-corrected chi connectivity index (χ3v) is 16.8. The van der Waals surface area contributed by atoms with E-state index in [4.69, 9.17) is 9.47 Å². The maximum absolute atomic E-state index is 14.8. The summed E-state index contributed by atoms with van der Waals surface area (Å²) in [5.74, 6) is -12.3. The minimum Gasteiger partial charge on any atom is -0.508 e. The molecule has 0 spiro atoms. The summed E-state index contributed by atoms with van der Waals surface area (Å²) in [4.78, 5) is 104. The van der Waals surface area contributed by atoms with Gasteiger partial charge in [-0.1, -0.05) is 87.4 Å². The molecule has 2 aliphatic heterocycles. The largest absolute Gasteiger partial charge is 0.508 e. The number of nitrogens with zero attached hydrogens (tertiary/aromatic N) is 2. The molecule has 4 aromatic rings. The van der Waals surface area contributed by atoms with Gasteiger partial charge in [0, 0.05) is 42.7 Å². The summed E-state index contributed by atoms with van der Waals surface area (Å²) in [5, 5.41) is 101. The Morgan fingerprint density at radius 1 is 0.693 bits per heavy atom. The number of quaternary nitrogens is 1. The van der Waals surface area contributed by atoms with Crippen LogP contribution >= 0.6 is 0 Å². The van der Waals surface area contributed by atoms with Crippen LogP contribution in [0.2, 0.25) is 0 Å². The first-order valence-corrected chi connectivity index (χ1v) is 30.2. The van der Waals surface area contributed by atoms with Crippen molar-refractivity contribution < 1.29 is 88.4 Å². The lowest BCUT2D eigenvalue weighted by Crippen LogP contribution is -2.61. The lowest BCUT2D eigenvalue weighted by Gasteiger charge is -2.34. The van der Waals surface area contributed by atoms with Gasteiger partial charge >= 0.3 is 0 Å². The predicted molar refractivity (Wildman–Crippen MR) is 322 cm³/mol. The van der Waals surface area contributed by atoms with Crippen LogP contribution in [0.5, 0.6) is 11.5 Å². The molecule has 16 atom stereocenters. The highest BCUT2D eigenvalue weighted by Crippen LogP contribution is 2.38. The number of benzene rings is 4. The summed E-state index contributed by atoms with van der Waals surface area (Å²) in [6.07, 6.45) is -13.3. The van der Waals surface area contributed by atoms with Crippen molar-refractivity contribution in [2.45, 2.75) is 146 Å². The number of aliphatic hydroxyl groups excluding tert-OH is 7. The molecule has 23 nitrogen and oxygen atoms in total. The van der Waals surface area contributed by atoms with Gasteiger partial charge in [-0.3, -0.25) is 33.6 Å². The van der Waals surface area contributed by atoms with Crippen LogP contribution in [-0.4, -0.2) is 206 Å². The Kier molecular flexibility index (Phi) is 23.6. The zero-order valence-corrected chi connectivity index (χ0v) is 50.9. The number of aliphatic hydroxyl groups is 7. The number of rotatable bonds is 18. The highest BCUT2D eigenvalue weighted by atomic mass is 16.5. The monoisotopic (exact) mass is 1220 g/mol. The lowest BCUT2D eigenvalue weighted by molar-refractivity contribution is -0.870. The van der Waals surface area contributed by atoms with Crippen LogP contribution in [0.15, 0.2) is 97.1 Å². The van der Waals surface area contributed by atoms with E-state index in [1.807, 2.05) is 69.7 Å². The first kappa shape index (κ1) is 68.3. The molecule has 12 N–H and O–H groups in total. The van der Waals surface area contributed by atoms with Gasteiger partial charge in [0.15, 0.2) is 12.0 Å². The quantitative estimate of drug-likeness (QED) is 0.0500. The predicted octanol–water partition coefficient (Wildman–Crippen LogP) is 1.89. The van der Waals surface area contributed by atoms with E-state index in [2.05, 4.69) is 28.2 Å². The molecule has 4 aromatic carbocycles. The molecule has 7 rings (SSSR count). The van der Waals surface area contributed by atoms with Gasteiger partial charge in [-0.2, -0.15) is 0 Å². The van der Waals surface area contributed by atoms with Crippen LogP contribution in [0, 0.1) is 23.7 Å². The number of carbonyl (C=O) groups excluding carboxylic acids is 7. The van der Waals surface area contributed by atoms with E-state index >= 15 is 0 Å². The molecule has 0 bridgehead atoms. The zero-order chi connectivity index (χ0) is 64.3. The topological polar surface area (TPSA) is 351 Å². The molecular formula is C65H87N6O17+. The fourth-order valence-electron chi connectivity index (χ4n) is 11.5. The molecule has 478 valence electrons. The molecule has 1 aliphatic carbocycles. The average molecular weight is 1220 g/mol. The van der Waals surface area contributed by atoms with E-state index in [9.17, 15) is 74.4 Å². The molecule has 23 heteroatoms. The van der Waals surface area contributed by atoms with Crippen LogP contribution < -0.4 is 26.0 Å². The molecule has 0 aromatic heterocycles. The summed E-state index contributed by atoms with van der Waals surface area (Å²) < 4.78 is 12.3. The summed E-state index contributed by atoms with van der Waals surface area (Å²) in [6.45, 7) is 6.50. The molecule has 3 fully saturated rings. The number of likely N-dealkylation sites (N-methyl/N-ethyl adjacent to an activating group) is 1. The highest BCUT2D eigenvalue weighted by molar-refractivity contribution is 6.01. The minimum absolute atomic E-state index is 0.0125. The Bertz CT molecular complexity index is 3030. The van der Waals surface area contributed by atoms with E-state index in [1.165, 1.54) is 50.2 Å². The van der Waals surface area contributed by atoms with Gasteiger partial charge in [0.2, 0.25) is 23.6 Å². The van der Waals surface area contributed by atoms with Gasteiger partial charge in [0.05, 0.1) is 70.8 Å². The van der Waals surface area contributed by atoms with Gasteiger partial charge in [-0.25, -0.2) is 0 Å². The number of aromatic hydroxyl groups is 1. The number of ketones is 2. The second-order valence-electron chi connectivity index (χ2n) is 24.8. The van der Waals surface area contributed by atoms with Gasteiger partial charge < -0.3 is 81.0 Å². The second-order valence-corrected chi connectivity index (χ2v) is 24.8. The van der Waals surface area contributed by atoms with E-state index in [0.717, 1.165) is 59.1 Å². The molecule has 2 heterocycles. The first-order valence-electron chi connectivity index (χ1n) is 30.2. The average Bonchev–Trinajstić information content (AvgIpc) is 2.08. The maximum atomic E-state index is 14.8. The standard InChI is InChI=1S/C65H86N6O17/c1-8-9-10-28-87-46-25-21-41(22-26-46)39-13-11-38(12-14-39)40-15-17-43(18-16-40)60(82)66-50-33-52(77)64(88-29-27-71(5,6)7)69-63(85)55-56(78)35(2)34-70(55)65(86)54(37(4)73)68-61(83)49(59(81)57(79)42-19-23-44(74)24-20-42)32-51(76)47-30-45(75)31-48(47)58(80)53(36(3)72)67-62(50)84/h11-26,35-37,45,47-50,52-57,59,64,72-73,75,77-79,81H,8-10,27-34H2,1-7H3,(H4-,66,67,68,69,74,82,83,84,85)/p+1/t35-,36+,37+,45+,47?,48?,49?,50-,52+,53?,54?,55?,56-,57-,59-,64-/m0/s1. The number of Topliss-reactive ketones (excluding diaryl/α,β-unsaturated/α-hetero) is 2. The molecule has 1 saturated carbocycles. The van der Waals surface area contributed by atoms with E-state index in [1.54, 1.807) is 12.1 Å². The number of phenols is 1. The molecular weight excluding hydrogens is 1140 g/mol. The first-order chi connectivity index (χ1) is 41.6. The number of nitrogens with one attached hydrogen (secondary N) is 4. The fourth-order valence-corrected chi connectivity index (χ4v) is 11.5. The van der Waals surface area contributed by atoms with Crippen molar-refractivity contribution >= 4 is 41.1 Å². The van der Waals surface area contributed by atoms with Gasteiger partial charge in [-0.15, -0.1) is 0 Å². The Morgan fingerprint density at radius 2 is 1.25 bits per heavy atom. The summed E-state index contributed by atoms with van der Waals surface area (Å²) in [5.41, 5.74) is 3.57. The Morgan fingerprint density at radius 3 is 1.82 bits per heavy atom. The number of hydrogen-bond donors (Lipinski definition) is 12. The number of hydrogen-bond acceptors (Lipinski definition) is 17. The molecule has 88 heavy (non-hydrogen) atoms. The third-order valence-electron chi connectivity index (χ3n) is 16.8. The minimum atomic E-state index is -2.16. The van der Waals surface area contributed by atoms with E-state index < -0.39 is 151 Å². The van der Waals surface area contributed by atoms with Crippen LogP contribution in [0.4, 0.5) is 0 Å². The Balaban J connectivity index is 1.23. The molecule has 3 aliphatic rings. The second kappa shape index (κ2) is 30.3. The molecule has 6 unspecified atom stereocenters. The lowest BCUT2D eigenvalue weighted by atomic mass is 9.80. The number of carbonyl (C=O) groups is 7. The molecule has 0 radical (unpaired) electrons. The van der Waals surface area contributed by atoms with Crippen molar-refractivity contribution in [2.75, 3.05) is 47.4 Å². The maximum Gasteiger partial charge on any atom is 0.251 e. The van der Waals surface area contributed by atoms with Crippen molar-refractivity contribution in [3.63, 3.8) is 0 Å². The molecule has 2 saturated heterocycles. The van der Waals surface area contributed by atoms with Gasteiger partial charge in [0.25, 0.3) is 5.91 Å². The number of amides is 5. The summed E-state index contributed by atoms with van der Waals surface area (Å²) in [7, 11) is 5.55. The Labute approximate surface area is 512 Å². The van der Waals surface area contributed by atoms with Crippen molar-refractivity contribution in [3.8, 4) is 33.8 Å². The van der Waals surface area contributed by atoms with E-state index in [-0.39, 0.29) is 42.9 Å². The number of unbranched alkanes of at least 4 members (excludes halogenated alkanes) is 2. The Hall–Kier alpha value is -7.19. The zero-order valence-electron chi connectivity index (χ0n) is 50.9. The summed E-state index contributed by atoms with van der Waals surface area (Å²) in [6, 6.07) is 19.6. The van der Waals surface area contributed by atoms with Crippen molar-refractivity contribution in [3.05, 3.63) is 108 Å². The number of fused-ring (bicyclic) bond motifs is 2. The van der Waals surface area contributed by atoms with Gasteiger partial charge in [0.1, 0.15) is 60.2 Å². The highest BCUT2D eigenvalue weighted by Gasteiger charge is 2.51. The van der Waals surface area contributed by atoms with Crippen LogP contribution in [0.3, 0.4) is 0 Å². The van der Waals surface area contributed by atoms with Crippen molar-refractivity contribution in [2.24, 2.45) is 23.7 Å². The van der Waals surface area contributed by atoms with Crippen LogP contribution in [0.25, 0.3) is 22.3 Å². The summed E-state index contributed by atoms with van der Waals surface area (Å²) >= 11 is 0. The van der Waals surface area contributed by atoms with Crippen LogP contribution in [-0.2, 0) is 33.5 Å². The normalized spacial score (nSPS) is 27.6. The van der Waals surface area contributed by atoms with Crippen molar-refractivity contribution in [1.29, 1.82) is 0 Å². The smallest absolute Gasteiger partial charge is 0.251 e. The number of ether oxygens (including phenoxy) is 2. The fraction of sp³-hybridized carbons (Fsp3) is 0.523. The van der Waals surface area contributed by atoms with E-state index in [0.29, 0.717) is 17.6 Å². The number of phenolic OH excluding ortho intramolecular Hbond substituents is 1. The van der Waals surface area contributed by atoms with Gasteiger partial charge in [-0.05, 0) is 97.3 Å². The van der Waals surface area contributed by atoms with Crippen molar-refractivity contribution in [1.82, 2.24) is 26.2 Å². The third kappa shape index (κ3) is 17.4. The molecule has 5 amide bonds. The SMILES string of the molecule is CCCCCOc1ccc(-c2ccc(-c3ccc(C(=O)N[C@H]4C[C@@H](O)[C@H](OCC[N+](C)(C)C)NC(=O)C5[C@@H](O)[C@@H](C)CN5C(=O)C([C@@H](C)O)NC(=O)C([C@H](O)[C@@H](O)c5ccc(O)cc5)CC(=O)C5C[C@@H](O)CC5C(=O)C([C@@H](C)O)NC4=O)cc3)cc2)cc1.